The van der Waals surface area contributed by atoms with E-state index in [1.54, 1.807) is 6.20 Å². The van der Waals surface area contributed by atoms with Crippen molar-refractivity contribution in [2.75, 3.05) is 5.88 Å². The molecule has 3 nitrogen and oxygen atoms in total. The Morgan fingerprint density at radius 3 is 2.80 bits per heavy atom. The quantitative estimate of drug-likeness (QED) is 0.447. The average Bonchev–Trinajstić information content (AvgIpc) is 2.73. The molecule has 0 fully saturated rings. The van der Waals surface area contributed by atoms with E-state index in [0.29, 0.717) is 6.29 Å². The average molecular weight is 357 g/mol. The van der Waals surface area contributed by atoms with E-state index in [4.69, 9.17) is 28.0 Å². The topological polar surface area (TPSA) is 34.4 Å². The number of hydrogen-bond acceptors (Lipinski definition) is 2. The first kappa shape index (κ1) is 12.7. The fourth-order valence-corrected chi connectivity index (χ4v) is 1.54. The van der Waals surface area contributed by atoms with Crippen LogP contribution in [0, 0.1) is 3.57 Å². The number of carbonyl (C=O) groups excluding carboxylic acids is 1. The number of rotatable bonds is 1. The minimum absolute atomic E-state index is 0.111. The molecule has 0 aliphatic heterocycles. The number of nitrogens with zero attached hydrogens (tertiary/aromatic N) is 2. The van der Waals surface area contributed by atoms with Gasteiger partial charge in [0, 0.05) is 22.2 Å². The predicted octanol–water partition coefficient (Wildman–Crippen LogP) is 3.02. The number of hydrogen-bond donors (Lipinski definition) is 0. The molecule has 0 radical (unpaired) electrons. The zero-order valence-corrected chi connectivity index (χ0v) is 11.2. The monoisotopic (exact) mass is 356 g/mol. The van der Waals surface area contributed by atoms with Gasteiger partial charge in [0.05, 0.1) is 10.9 Å². The molecule has 0 atom stereocenters. The Morgan fingerprint density at radius 1 is 1.53 bits per heavy atom. The van der Waals surface area contributed by atoms with Gasteiger partial charge in [-0.1, -0.05) is 11.6 Å². The summed E-state index contributed by atoms with van der Waals surface area (Å²) in [5.41, 5.74) is 0.818. The summed E-state index contributed by atoms with van der Waals surface area (Å²) in [6.07, 6.45) is 6.19. The molecule has 0 spiro atoms. The number of alkyl halides is 1. The lowest BCUT2D eigenvalue weighted by molar-refractivity contribution is -0.105. The molecule has 0 aromatic carbocycles. The lowest BCUT2D eigenvalue weighted by Crippen LogP contribution is -1.85. The first-order chi connectivity index (χ1) is 7.20. The van der Waals surface area contributed by atoms with Gasteiger partial charge in [-0.3, -0.25) is 0 Å². The third-order valence-corrected chi connectivity index (χ3v) is 3.24. The van der Waals surface area contributed by atoms with Crippen LogP contribution in [0.5, 0.6) is 0 Å². The molecule has 2 rings (SSSR count). The van der Waals surface area contributed by atoms with Crippen LogP contribution >= 0.6 is 45.8 Å². The van der Waals surface area contributed by atoms with E-state index >= 15 is 0 Å². The van der Waals surface area contributed by atoms with Crippen molar-refractivity contribution in [3.8, 4) is 0 Å². The Bertz CT molecular complexity index is 458. The van der Waals surface area contributed by atoms with Crippen LogP contribution in [0.1, 0.15) is 0 Å². The number of pyridine rings is 1. The van der Waals surface area contributed by atoms with E-state index in [2.05, 4.69) is 27.6 Å². The van der Waals surface area contributed by atoms with Crippen LogP contribution in [0.2, 0.25) is 5.02 Å². The van der Waals surface area contributed by atoms with Crippen molar-refractivity contribution in [1.82, 2.24) is 9.38 Å². The van der Waals surface area contributed by atoms with Crippen molar-refractivity contribution in [3.05, 3.63) is 33.2 Å². The van der Waals surface area contributed by atoms with Gasteiger partial charge in [-0.05, 0) is 28.7 Å². The summed E-state index contributed by atoms with van der Waals surface area (Å²) in [5, 5.41) is 0.720. The molecule has 0 unspecified atom stereocenters. The highest BCUT2D eigenvalue weighted by molar-refractivity contribution is 14.1. The van der Waals surface area contributed by atoms with Crippen LogP contribution in [-0.4, -0.2) is 21.6 Å². The van der Waals surface area contributed by atoms with E-state index in [1.807, 2.05) is 22.9 Å². The maximum Gasteiger partial charge on any atom is 0.156 e. The summed E-state index contributed by atoms with van der Waals surface area (Å²) in [5.74, 6) is 0.111. The van der Waals surface area contributed by atoms with Crippen molar-refractivity contribution in [3.63, 3.8) is 0 Å². The zero-order valence-electron chi connectivity index (χ0n) is 7.53. The van der Waals surface area contributed by atoms with E-state index < -0.39 is 0 Å². The van der Waals surface area contributed by atoms with Gasteiger partial charge in [-0.25, -0.2) is 4.98 Å². The minimum atomic E-state index is 0.111. The lowest BCUT2D eigenvalue weighted by Gasteiger charge is -1.97. The molecule has 0 amide bonds. The van der Waals surface area contributed by atoms with Crippen molar-refractivity contribution < 1.29 is 4.79 Å². The number of aromatic nitrogens is 2. The van der Waals surface area contributed by atoms with Crippen molar-refractivity contribution >= 4 is 57.7 Å². The van der Waals surface area contributed by atoms with Gasteiger partial charge in [0.15, 0.2) is 5.65 Å². The summed E-state index contributed by atoms with van der Waals surface area (Å²) < 4.78 is 2.92. The van der Waals surface area contributed by atoms with E-state index in [0.717, 1.165) is 14.2 Å². The molecule has 2 aromatic rings. The van der Waals surface area contributed by atoms with Crippen molar-refractivity contribution in [1.29, 1.82) is 0 Å². The van der Waals surface area contributed by atoms with Crippen LogP contribution < -0.4 is 0 Å². The molecular formula is C9H7Cl2IN2O. The maximum absolute atomic E-state index is 9.04. The highest BCUT2D eigenvalue weighted by Gasteiger charge is 2.02. The Morgan fingerprint density at radius 2 is 2.20 bits per heavy atom. The third-order valence-electron chi connectivity index (χ3n) is 1.52. The van der Waals surface area contributed by atoms with E-state index in [9.17, 15) is 0 Å². The number of carbonyl (C=O) groups is 1. The third kappa shape index (κ3) is 3.32. The first-order valence-electron chi connectivity index (χ1n) is 3.97. The van der Waals surface area contributed by atoms with Gasteiger partial charge < -0.3 is 9.20 Å². The highest BCUT2D eigenvalue weighted by Crippen LogP contribution is 2.21. The van der Waals surface area contributed by atoms with Gasteiger partial charge >= 0.3 is 0 Å². The number of halogens is 3. The second-order valence-electron chi connectivity index (χ2n) is 2.46. The minimum Gasteiger partial charge on any atom is -0.306 e. The summed E-state index contributed by atoms with van der Waals surface area (Å²) >= 11 is 13.0. The first-order valence-corrected chi connectivity index (χ1v) is 5.96. The van der Waals surface area contributed by atoms with Gasteiger partial charge in [0.1, 0.15) is 6.29 Å². The summed E-state index contributed by atoms with van der Waals surface area (Å²) in [7, 11) is 0. The molecule has 0 N–H and O–H groups in total. The zero-order chi connectivity index (χ0) is 11.3. The molecule has 0 saturated heterocycles. The molecule has 0 saturated carbocycles. The van der Waals surface area contributed by atoms with E-state index in [-0.39, 0.29) is 5.88 Å². The lowest BCUT2D eigenvalue weighted by atomic mass is 10.5. The van der Waals surface area contributed by atoms with E-state index in [1.165, 1.54) is 0 Å². The fourth-order valence-electron chi connectivity index (χ4n) is 0.929. The molecule has 0 aliphatic rings. The van der Waals surface area contributed by atoms with Crippen LogP contribution in [0.15, 0.2) is 24.7 Å². The maximum atomic E-state index is 9.04. The molecule has 15 heavy (non-hydrogen) atoms. The summed E-state index contributed by atoms with van der Waals surface area (Å²) in [4.78, 5) is 13.1. The summed E-state index contributed by atoms with van der Waals surface area (Å²) in [6, 6.07) is 1.96. The second-order valence-corrected chi connectivity index (χ2v) is 4.31. The Balaban J connectivity index is 0.000000245. The van der Waals surface area contributed by atoms with Crippen molar-refractivity contribution in [2.45, 2.75) is 0 Å². The molecule has 0 bridgehead atoms. The van der Waals surface area contributed by atoms with Crippen LogP contribution in [-0.2, 0) is 4.79 Å². The van der Waals surface area contributed by atoms with Crippen LogP contribution in [0.25, 0.3) is 5.65 Å². The predicted molar refractivity (Wildman–Crippen MR) is 69.7 cm³/mol. The van der Waals surface area contributed by atoms with Gasteiger partial charge in [-0.2, -0.15) is 0 Å². The highest BCUT2D eigenvalue weighted by atomic mass is 127. The smallest absolute Gasteiger partial charge is 0.156 e. The normalized spacial score (nSPS) is 9.53. The van der Waals surface area contributed by atoms with Gasteiger partial charge in [-0.15, -0.1) is 11.6 Å². The van der Waals surface area contributed by atoms with Gasteiger partial charge in [0.25, 0.3) is 0 Å². The van der Waals surface area contributed by atoms with Crippen LogP contribution in [0.4, 0.5) is 0 Å². The number of fused-ring (bicyclic) bond motifs is 1. The number of imidazole rings is 1. The Hall–Kier alpha value is -0.330. The second kappa shape index (κ2) is 6.30. The molecule has 6 heteroatoms. The van der Waals surface area contributed by atoms with Crippen LogP contribution in [0.3, 0.4) is 0 Å². The molecule has 0 aliphatic carbocycles. The fraction of sp³-hybridized carbons (Fsp3) is 0.111. The molecule has 2 aromatic heterocycles. The standard InChI is InChI=1S/C7H4ClIN2.C2H3ClO/c8-6-5(9)1-3-11-4-2-10-7(6)11;3-1-2-4/h1-4H;2H,1H2. The number of aldehydes is 1. The largest absolute Gasteiger partial charge is 0.306 e. The molecule has 2 heterocycles. The van der Waals surface area contributed by atoms with Crippen molar-refractivity contribution in [2.24, 2.45) is 0 Å². The molecule has 80 valence electrons. The summed E-state index contributed by atoms with van der Waals surface area (Å²) in [6.45, 7) is 0. The Labute approximate surface area is 111 Å². The SMILES string of the molecule is Clc1c(I)ccn2ccnc12.O=CCCl. The molecular weight excluding hydrogens is 350 g/mol. The Kier molecular flexibility index (Phi) is 5.35. The van der Waals surface area contributed by atoms with Gasteiger partial charge in [0.2, 0.25) is 0 Å².